The van der Waals surface area contributed by atoms with E-state index in [1.165, 1.54) is 6.20 Å². The van der Waals surface area contributed by atoms with Crippen LogP contribution in [-0.2, 0) is 0 Å². The SMILES string of the molecule is C=CCCN1C=C([C@@H](Nc2cc(C#N)c3ncc(C#N)c(NCC(C)(C)C)c3c2)c2cccc3c(OC)nccc23)NN1. The molecule has 5 rings (SSSR count). The smallest absolute Gasteiger partial charge is 0.221 e. The van der Waals surface area contributed by atoms with E-state index in [1.807, 2.05) is 41.6 Å². The van der Waals surface area contributed by atoms with Gasteiger partial charge in [-0.15, -0.1) is 12.1 Å². The number of hydrazine groups is 2. The van der Waals surface area contributed by atoms with Crippen molar-refractivity contribution in [2.75, 3.05) is 30.8 Å². The van der Waals surface area contributed by atoms with E-state index in [9.17, 15) is 10.5 Å². The topological polar surface area (TPSA) is 134 Å². The van der Waals surface area contributed by atoms with Crippen LogP contribution in [0, 0.1) is 28.1 Å². The Hall–Kier alpha value is -5.32. The van der Waals surface area contributed by atoms with Crippen LogP contribution in [-0.4, -0.2) is 35.2 Å². The highest BCUT2D eigenvalue weighted by molar-refractivity contribution is 5.99. The second-order valence-corrected chi connectivity index (χ2v) is 11.5. The summed E-state index contributed by atoms with van der Waals surface area (Å²) in [5, 5.41) is 31.7. The van der Waals surface area contributed by atoms with Crippen LogP contribution in [0.1, 0.15) is 49.9 Å². The van der Waals surface area contributed by atoms with Gasteiger partial charge in [0.1, 0.15) is 12.1 Å². The molecular weight excluding hydrogens is 538 g/mol. The summed E-state index contributed by atoms with van der Waals surface area (Å²) >= 11 is 0. The molecule has 2 aromatic carbocycles. The fourth-order valence-electron chi connectivity index (χ4n) is 5.08. The number of pyridine rings is 2. The maximum absolute atomic E-state index is 10.1. The largest absolute Gasteiger partial charge is 0.481 e. The molecule has 1 atom stereocenters. The molecular formula is C33H35N9O. The van der Waals surface area contributed by atoms with Crippen molar-refractivity contribution in [3.05, 3.63) is 90.0 Å². The van der Waals surface area contributed by atoms with E-state index in [1.54, 1.807) is 19.4 Å². The summed E-state index contributed by atoms with van der Waals surface area (Å²) < 4.78 is 5.56. The summed E-state index contributed by atoms with van der Waals surface area (Å²) in [6.07, 6.45) is 7.97. The number of methoxy groups -OCH3 is 1. The zero-order chi connectivity index (χ0) is 30.6. The summed E-state index contributed by atoms with van der Waals surface area (Å²) in [5.74, 6) is 0.541. The molecule has 4 aromatic rings. The van der Waals surface area contributed by atoms with E-state index >= 15 is 0 Å². The average Bonchev–Trinajstić information content (AvgIpc) is 3.48. The lowest BCUT2D eigenvalue weighted by Gasteiger charge is -2.24. The third-order valence-corrected chi connectivity index (χ3v) is 7.15. The molecule has 4 N–H and O–H groups in total. The van der Waals surface area contributed by atoms with Crippen molar-refractivity contribution in [2.45, 2.75) is 33.2 Å². The van der Waals surface area contributed by atoms with Crippen molar-refractivity contribution in [1.82, 2.24) is 25.9 Å². The number of anilines is 2. The highest BCUT2D eigenvalue weighted by Gasteiger charge is 2.25. The Labute approximate surface area is 251 Å². The van der Waals surface area contributed by atoms with Crippen LogP contribution >= 0.6 is 0 Å². The lowest BCUT2D eigenvalue weighted by Crippen LogP contribution is -2.38. The van der Waals surface area contributed by atoms with Crippen molar-refractivity contribution in [1.29, 1.82) is 10.5 Å². The van der Waals surface area contributed by atoms with Crippen molar-refractivity contribution in [3.8, 4) is 18.0 Å². The molecule has 0 saturated carbocycles. The van der Waals surface area contributed by atoms with Crippen LogP contribution in [0.15, 0.2) is 73.3 Å². The number of hydrogen-bond donors (Lipinski definition) is 4. The van der Waals surface area contributed by atoms with Gasteiger partial charge in [0.05, 0.1) is 41.2 Å². The molecule has 0 saturated heterocycles. The summed E-state index contributed by atoms with van der Waals surface area (Å²) in [6.45, 7) is 11.6. The number of ether oxygens (including phenoxy) is 1. The maximum atomic E-state index is 10.1. The van der Waals surface area contributed by atoms with Gasteiger partial charge in [-0.2, -0.15) is 10.5 Å². The zero-order valence-corrected chi connectivity index (χ0v) is 24.8. The van der Waals surface area contributed by atoms with Gasteiger partial charge in [-0.1, -0.05) is 39.0 Å². The van der Waals surface area contributed by atoms with Crippen molar-refractivity contribution >= 4 is 33.1 Å². The summed E-state index contributed by atoms with van der Waals surface area (Å²) in [4.78, 5) is 8.89. The van der Waals surface area contributed by atoms with Crippen molar-refractivity contribution in [3.63, 3.8) is 0 Å². The molecule has 0 radical (unpaired) electrons. The Morgan fingerprint density at radius 3 is 2.63 bits per heavy atom. The van der Waals surface area contributed by atoms with Crippen LogP contribution < -0.4 is 26.3 Å². The average molecular weight is 574 g/mol. The predicted molar refractivity (Wildman–Crippen MR) is 170 cm³/mol. The Balaban J connectivity index is 1.66. The van der Waals surface area contributed by atoms with Gasteiger partial charge in [-0.25, -0.2) is 4.98 Å². The fraction of sp³-hybridized carbons (Fsp3) is 0.273. The molecule has 0 unspecified atom stereocenters. The first-order valence-electron chi connectivity index (χ1n) is 14.1. The van der Waals surface area contributed by atoms with Gasteiger partial charge in [-0.05, 0) is 47.1 Å². The van der Waals surface area contributed by atoms with E-state index in [2.05, 4.69) is 77.1 Å². The van der Waals surface area contributed by atoms with Gasteiger partial charge < -0.3 is 20.8 Å². The van der Waals surface area contributed by atoms with Gasteiger partial charge in [-0.3, -0.25) is 9.99 Å². The molecule has 2 aromatic heterocycles. The summed E-state index contributed by atoms with van der Waals surface area (Å²) in [5.41, 5.74) is 11.1. The molecule has 1 aliphatic rings. The lowest BCUT2D eigenvalue weighted by molar-refractivity contribution is 0.275. The molecule has 3 heterocycles. The first-order chi connectivity index (χ1) is 20.8. The third-order valence-electron chi connectivity index (χ3n) is 7.15. The van der Waals surface area contributed by atoms with Crippen molar-refractivity contribution < 1.29 is 4.74 Å². The molecule has 43 heavy (non-hydrogen) atoms. The number of nitrogens with zero attached hydrogens (tertiary/aromatic N) is 5. The van der Waals surface area contributed by atoms with Crippen molar-refractivity contribution in [2.24, 2.45) is 5.41 Å². The van der Waals surface area contributed by atoms with E-state index in [4.69, 9.17) is 4.74 Å². The zero-order valence-electron chi connectivity index (χ0n) is 24.8. The van der Waals surface area contributed by atoms with Gasteiger partial charge in [0.2, 0.25) is 5.88 Å². The Kier molecular flexibility index (Phi) is 8.33. The summed E-state index contributed by atoms with van der Waals surface area (Å²) in [7, 11) is 1.61. The number of benzene rings is 2. The normalized spacial score (nSPS) is 13.5. The van der Waals surface area contributed by atoms with Gasteiger partial charge in [0, 0.05) is 48.1 Å². The van der Waals surface area contributed by atoms with Crippen LogP contribution in [0.25, 0.3) is 21.7 Å². The Bertz CT molecular complexity index is 1790. The quantitative estimate of drug-likeness (QED) is 0.170. The monoisotopic (exact) mass is 573 g/mol. The van der Waals surface area contributed by atoms with E-state index < -0.39 is 0 Å². The van der Waals surface area contributed by atoms with E-state index in [0.717, 1.165) is 35.0 Å². The van der Waals surface area contributed by atoms with E-state index in [0.29, 0.717) is 45.8 Å². The number of nitriles is 2. The molecule has 0 aliphatic carbocycles. The van der Waals surface area contributed by atoms with Gasteiger partial charge in [0.15, 0.2) is 0 Å². The van der Waals surface area contributed by atoms with E-state index in [-0.39, 0.29) is 11.5 Å². The first kappa shape index (κ1) is 29.2. The van der Waals surface area contributed by atoms with Crippen LogP contribution in [0.3, 0.4) is 0 Å². The fourth-order valence-corrected chi connectivity index (χ4v) is 5.08. The number of nitrogens with one attached hydrogen (secondary N) is 4. The lowest BCUT2D eigenvalue weighted by atomic mass is 9.96. The molecule has 10 heteroatoms. The molecule has 0 bridgehead atoms. The number of rotatable bonds is 10. The highest BCUT2D eigenvalue weighted by atomic mass is 16.5. The molecule has 0 amide bonds. The highest BCUT2D eigenvalue weighted by Crippen LogP contribution is 2.37. The predicted octanol–water partition coefficient (Wildman–Crippen LogP) is 5.89. The van der Waals surface area contributed by atoms with Crippen LogP contribution in [0.5, 0.6) is 5.88 Å². The minimum absolute atomic E-state index is 0.0310. The molecule has 10 nitrogen and oxygen atoms in total. The Morgan fingerprint density at radius 2 is 1.91 bits per heavy atom. The standard InChI is InChI=1S/C33H35N9O/c1-6-7-13-42-19-28(40-41-42)31(25-9-8-10-26-24(25)11-12-36-32(26)43-5)39-23-14-21(16-34)29-27(15-23)30(22(17-35)18-37-29)38-20-33(2,3)4/h6,8-12,14-15,18-19,31,39-41H,1,7,13,20H2,2-5H3,(H,37,38)/t31-/m0/s1. The van der Waals surface area contributed by atoms with Crippen LogP contribution in [0.4, 0.5) is 11.4 Å². The third kappa shape index (κ3) is 6.15. The second kappa shape index (κ2) is 12.3. The minimum Gasteiger partial charge on any atom is -0.481 e. The maximum Gasteiger partial charge on any atom is 0.221 e. The first-order valence-corrected chi connectivity index (χ1v) is 14.1. The number of aromatic nitrogens is 2. The summed E-state index contributed by atoms with van der Waals surface area (Å²) in [6, 6.07) is 16.0. The second-order valence-electron chi connectivity index (χ2n) is 11.5. The van der Waals surface area contributed by atoms with Crippen LogP contribution in [0.2, 0.25) is 0 Å². The van der Waals surface area contributed by atoms with Gasteiger partial charge in [0.25, 0.3) is 0 Å². The number of fused-ring (bicyclic) bond motifs is 2. The minimum atomic E-state index is -0.362. The van der Waals surface area contributed by atoms with Gasteiger partial charge >= 0.3 is 0 Å². The molecule has 1 aliphatic heterocycles. The Morgan fingerprint density at radius 1 is 1.09 bits per heavy atom. The molecule has 0 spiro atoms. The molecule has 0 fully saturated rings. The molecule has 218 valence electrons. The number of hydrogen-bond acceptors (Lipinski definition) is 10.